The van der Waals surface area contributed by atoms with Crippen LogP contribution in [0.2, 0.25) is 0 Å². The Morgan fingerprint density at radius 3 is 2.31 bits per heavy atom. The molecule has 0 fully saturated rings. The van der Waals surface area contributed by atoms with Crippen LogP contribution >= 0.6 is 0 Å². The second kappa shape index (κ2) is 8.43. The van der Waals surface area contributed by atoms with E-state index in [1.807, 2.05) is 30.3 Å². The number of anilines is 1. The van der Waals surface area contributed by atoms with Crippen molar-refractivity contribution in [3.05, 3.63) is 84.7 Å². The third-order valence-corrected chi connectivity index (χ3v) is 3.45. The molecule has 3 aromatic rings. The van der Waals surface area contributed by atoms with Gasteiger partial charge in [0.05, 0.1) is 12.1 Å². The number of amides is 2. The van der Waals surface area contributed by atoms with Crippen LogP contribution in [0.3, 0.4) is 0 Å². The van der Waals surface area contributed by atoms with Gasteiger partial charge in [-0.2, -0.15) is 0 Å². The van der Waals surface area contributed by atoms with E-state index >= 15 is 0 Å². The fourth-order valence-corrected chi connectivity index (χ4v) is 2.20. The molecule has 0 unspecified atom stereocenters. The second-order valence-corrected chi connectivity index (χ2v) is 5.41. The van der Waals surface area contributed by atoms with E-state index in [2.05, 4.69) is 15.6 Å². The van der Waals surface area contributed by atoms with Crippen LogP contribution in [0.5, 0.6) is 11.5 Å². The number of carbonyl (C=O) groups excluding carboxylic acids is 2. The molecule has 3 rings (SSSR count). The van der Waals surface area contributed by atoms with Gasteiger partial charge in [-0.05, 0) is 48.5 Å². The number of hydrogen-bond acceptors (Lipinski definition) is 4. The van der Waals surface area contributed by atoms with Crippen molar-refractivity contribution in [3.8, 4) is 11.5 Å². The van der Waals surface area contributed by atoms with E-state index in [4.69, 9.17) is 4.74 Å². The van der Waals surface area contributed by atoms with E-state index in [1.54, 1.807) is 42.6 Å². The van der Waals surface area contributed by atoms with Gasteiger partial charge in [0.2, 0.25) is 5.91 Å². The predicted octanol–water partition coefficient (Wildman–Crippen LogP) is 3.24. The summed E-state index contributed by atoms with van der Waals surface area (Å²) in [5.74, 6) is 0.736. The Kier molecular flexibility index (Phi) is 5.57. The number of ether oxygens (including phenoxy) is 1. The zero-order chi connectivity index (χ0) is 18.2. The molecular weight excluding hydrogens is 330 g/mol. The lowest BCUT2D eigenvalue weighted by Gasteiger charge is -2.09. The third-order valence-electron chi connectivity index (χ3n) is 3.45. The Morgan fingerprint density at radius 1 is 0.885 bits per heavy atom. The molecule has 0 atom stereocenters. The number of para-hydroxylation sites is 1. The molecule has 130 valence electrons. The van der Waals surface area contributed by atoms with E-state index in [9.17, 15) is 9.59 Å². The maximum atomic E-state index is 12.0. The lowest BCUT2D eigenvalue weighted by atomic mass is 10.2. The summed E-state index contributed by atoms with van der Waals surface area (Å²) in [5.41, 5.74) is 1.02. The predicted molar refractivity (Wildman–Crippen MR) is 98.2 cm³/mol. The van der Waals surface area contributed by atoms with E-state index in [1.165, 1.54) is 6.20 Å². The first-order valence-electron chi connectivity index (χ1n) is 8.02. The van der Waals surface area contributed by atoms with Crippen LogP contribution in [-0.2, 0) is 4.79 Å². The van der Waals surface area contributed by atoms with Crippen molar-refractivity contribution in [2.24, 2.45) is 0 Å². The van der Waals surface area contributed by atoms with Gasteiger partial charge in [-0.1, -0.05) is 18.2 Å². The summed E-state index contributed by atoms with van der Waals surface area (Å²) in [6.07, 6.45) is 3.02. The molecule has 0 spiro atoms. The Hall–Kier alpha value is -3.67. The molecule has 0 aliphatic carbocycles. The fraction of sp³-hybridized carbons (Fsp3) is 0.0500. The number of rotatable bonds is 6. The van der Waals surface area contributed by atoms with Gasteiger partial charge in [0.15, 0.2) is 0 Å². The van der Waals surface area contributed by atoms with Gasteiger partial charge in [-0.3, -0.25) is 14.6 Å². The number of hydrogen-bond donors (Lipinski definition) is 2. The molecule has 0 aliphatic heterocycles. The van der Waals surface area contributed by atoms with Crippen molar-refractivity contribution in [1.29, 1.82) is 0 Å². The van der Waals surface area contributed by atoms with Crippen LogP contribution in [-0.4, -0.2) is 23.3 Å². The molecule has 2 amide bonds. The summed E-state index contributed by atoms with van der Waals surface area (Å²) >= 11 is 0. The Balaban J connectivity index is 1.49. The molecule has 2 aromatic carbocycles. The maximum absolute atomic E-state index is 12.0. The van der Waals surface area contributed by atoms with Crippen molar-refractivity contribution in [2.75, 3.05) is 11.9 Å². The fourth-order valence-electron chi connectivity index (χ4n) is 2.20. The van der Waals surface area contributed by atoms with Crippen molar-refractivity contribution >= 4 is 17.5 Å². The highest BCUT2D eigenvalue weighted by Gasteiger charge is 2.08. The molecule has 2 N–H and O–H groups in total. The minimum absolute atomic E-state index is 0.129. The summed E-state index contributed by atoms with van der Waals surface area (Å²) in [6, 6.07) is 19.7. The molecular formula is C20H17N3O3. The molecule has 6 heteroatoms. The molecule has 6 nitrogen and oxygen atoms in total. The van der Waals surface area contributed by atoms with Gasteiger partial charge < -0.3 is 15.4 Å². The second-order valence-electron chi connectivity index (χ2n) is 5.41. The summed E-state index contributed by atoms with van der Waals surface area (Å²) < 4.78 is 5.69. The number of benzene rings is 2. The van der Waals surface area contributed by atoms with Crippen molar-refractivity contribution in [3.63, 3.8) is 0 Å². The smallest absolute Gasteiger partial charge is 0.253 e. The summed E-state index contributed by atoms with van der Waals surface area (Å²) in [6.45, 7) is -0.129. The van der Waals surface area contributed by atoms with Gasteiger partial charge in [0, 0.05) is 18.1 Å². The molecule has 0 saturated heterocycles. The average Bonchev–Trinajstić information content (AvgIpc) is 2.69. The normalized spacial score (nSPS) is 10.0. The summed E-state index contributed by atoms with van der Waals surface area (Å²) in [5, 5.41) is 5.26. The third kappa shape index (κ3) is 4.91. The highest BCUT2D eigenvalue weighted by molar-refractivity contribution is 5.99. The monoisotopic (exact) mass is 347 g/mol. The molecule has 0 aliphatic rings. The van der Waals surface area contributed by atoms with Gasteiger partial charge in [-0.25, -0.2) is 0 Å². The van der Waals surface area contributed by atoms with E-state index in [0.29, 0.717) is 17.0 Å². The molecule has 0 radical (unpaired) electrons. The van der Waals surface area contributed by atoms with Crippen LogP contribution in [0.15, 0.2) is 79.1 Å². The standard InChI is InChI=1S/C20H17N3O3/c24-19(14-22-20(25)15-5-4-12-21-13-15)23-16-8-10-18(11-9-16)26-17-6-2-1-3-7-17/h1-13H,14H2,(H,22,25)(H,23,24). The minimum Gasteiger partial charge on any atom is -0.457 e. The quantitative estimate of drug-likeness (QED) is 0.717. The molecule has 0 bridgehead atoms. The minimum atomic E-state index is -0.347. The van der Waals surface area contributed by atoms with Crippen molar-refractivity contribution < 1.29 is 14.3 Å². The molecule has 1 heterocycles. The number of nitrogens with one attached hydrogen (secondary N) is 2. The zero-order valence-corrected chi connectivity index (χ0v) is 13.9. The van der Waals surface area contributed by atoms with Crippen molar-refractivity contribution in [2.45, 2.75) is 0 Å². The lowest BCUT2D eigenvalue weighted by molar-refractivity contribution is -0.115. The molecule has 26 heavy (non-hydrogen) atoms. The number of aromatic nitrogens is 1. The molecule has 0 saturated carbocycles. The lowest BCUT2D eigenvalue weighted by Crippen LogP contribution is -2.32. The Bertz CT molecular complexity index is 866. The highest BCUT2D eigenvalue weighted by Crippen LogP contribution is 2.22. The maximum Gasteiger partial charge on any atom is 0.253 e. The largest absolute Gasteiger partial charge is 0.457 e. The van der Waals surface area contributed by atoms with Crippen LogP contribution in [0.25, 0.3) is 0 Å². The van der Waals surface area contributed by atoms with E-state index in [-0.39, 0.29) is 18.4 Å². The van der Waals surface area contributed by atoms with Gasteiger partial charge in [-0.15, -0.1) is 0 Å². The Morgan fingerprint density at radius 2 is 1.62 bits per heavy atom. The van der Waals surface area contributed by atoms with E-state index in [0.717, 1.165) is 5.75 Å². The SMILES string of the molecule is O=C(CNC(=O)c1cccnc1)Nc1ccc(Oc2ccccc2)cc1. The van der Waals surface area contributed by atoms with Crippen LogP contribution in [0.4, 0.5) is 5.69 Å². The zero-order valence-electron chi connectivity index (χ0n) is 13.9. The first-order valence-corrected chi connectivity index (χ1v) is 8.02. The van der Waals surface area contributed by atoms with Crippen LogP contribution in [0.1, 0.15) is 10.4 Å². The van der Waals surface area contributed by atoms with Crippen molar-refractivity contribution in [1.82, 2.24) is 10.3 Å². The van der Waals surface area contributed by atoms with E-state index < -0.39 is 0 Å². The molecule has 1 aromatic heterocycles. The Labute approximate surface area is 150 Å². The summed E-state index contributed by atoms with van der Waals surface area (Å²) in [4.78, 5) is 27.7. The average molecular weight is 347 g/mol. The highest BCUT2D eigenvalue weighted by atomic mass is 16.5. The number of nitrogens with zero attached hydrogens (tertiary/aromatic N) is 1. The van der Waals surface area contributed by atoms with Crippen LogP contribution in [0, 0.1) is 0 Å². The number of carbonyl (C=O) groups is 2. The van der Waals surface area contributed by atoms with Crippen LogP contribution < -0.4 is 15.4 Å². The number of pyridine rings is 1. The van der Waals surface area contributed by atoms with Gasteiger partial charge in [0.25, 0.3) is 5.91 Å². The first-order chi connectivity index (χ1) is 12.7. The summed E-state index contributed by atoms with van der Waals surface area (Å²) in [7, 11) is 0. The first kappa shape index (κ1) is 17.2. The van der Waals surface area contributed by atoms with Gasteiger partial charge in [0.1, 0.15) is 11.5 Å². The van der Waals surface area contributed by atoms with Gasteiger partial charge >= 0.3 is 0 Å². The topological polar surface area (TPSA) is 80.3 Å².